The molecule has 1 saturated heterocycles. The molecule has 0 spiro atoms. The Kier molecular flexibility index (Phi) is 3.18. The zero-order chi connectivity index (χ0) is 9.19. The minimum Gasteiger partial charge on any atom is -0.390 e. The van der Waals surface area contributed by atoms with Crippen LogP contribution in [0.2, 0.25) is 0 Å². The van der Waals surface area contributed by atoms with E-state index < -0.39 is 5.60 Å². The number of aliphatic hydroxyl groups is 1. The van der Waals surface area contributed by atoms with Crippen molar-refractivity contribution >= 4 is 17.5 Å². The number of Topliss-reactive ketones (excluding diaryl/α,β-unsaturated/α-hetero) is 1. The van der Waals surface area contributed by atoms with Gasteiger partial charge >= 0.3 is 0 Å². The molecule has 0 radical (unpaired) electrons. The van der Waals surface area contributed by atoms with Crippen molar-refractivity contribution in [2.24, 2.45) is 5.92 Å². The largest absolute Gasteiger partial charge is 0.390 e. The molecule has 0 bridgehead atoms. The third-order valence-electron chi connectivity index (χ3n) is 2.47. The highest BCUT2D eigenvalue weighted by atomic mass is 32.2. The molecule has 0 saturated carbocycles. The highest BCUT2D eigenvalue weighted by molar-refractivity contribution is 8.00. The predicted octanol–water partition coefficient (Wildman–Crippen LogP) is 1.47. The second kappa shape index (κ2) is 3.79. The number of thioether (sulfide) groups is 1. The van der Waals surface area contributed by atoms with Crippen LogP contribution in [0.1, 0.15) is 26.7 Å². The van der Waals surface area contributed by atoms with Gasteiger partial charge in [0.2, 0.25) is 0 Å². The normalized spacial score (nSPS) is 28.9. The van der Waals surface area contributed by atoms with E-state index in [9.17, 15) is 9.90 Å². The number of carbonyl (C=O) groups is 1. The molecule has 1 aliphatic heterocycles. The second-order valence-electron chi connectivity index (χ2n) is 3.73. The van der Waals surface area contributed by atoms with Crippen LogP contribution < -0.4 is 0 Å². The second-order valence-corrected chi connectivity index (χ2v) is 4.76. The molecule has 3 heteroatoms. The zero-order valence-corrected chi connectivity index (χ0v) is 8.49. The fourth-order valence-electron chi connectivity index (χ4n) is 1.36. The van der Waals surface area contributed by atoms with Crippen molar-refractivity contribution in [1.82, 2.24) is 0 Å². The molecule has 1 N–H and O–H groups in total. The summed E-state index contributed by atoms with van der Waals surface area (Å²) in [5.74, 6) is 1.96. The Balaban J connectivity index is 2.45. The molecule has 0 amide bonds. The summed E-state index contributed by atoms with van der Waals surface area (Å²) in [6.07, 6.45) is 1.36. The van der Waals surface area contributed by atoms with E-state index in [4.69, 9.17) is 0 Å². The molecule has 1 aliphatic rings. The van der Waals surface area contributed by atoms with E-state index >= 15 is 0 Å². The topological polar surface area (TPSA) is 37.3 Å². The van der Waals surface area contributed by atoms with Crippen molar-refractivity contribution < 1.29 is 9.90 Å². The zero-order valence-electron chi connectivity index (χ0n) is 7.67. The fourth-order valence-corrected chi connectivity index (χ4v) is 2.50. The van der Waals surface area contributed by atoms with Gasteiger partial charge < -0.3 is 5.11 Å². The summed E-state index contributed by atoms with van der Waals surface area (Å²) < 4.78 is 0. The summed E-state index contributed by atoms with van der Waals surface area (Å²) >= 11 is 1.68. The van der Waals surface area contributed by atoms with E-state index in [0.29, 0.717) is 18.0 Å². The van der Waals surface area contributed by atoms with Crippen LogP contribution in [0.5, 0.6) is 0 Å². The molecule has 12 heavy (non-hydrogen) atoms. The van der Waals surface area contributed by atoms with E-state index in [1.165, 1.54) is 0 Å². The highest BCUT2D eigenvalue weighted by Crippen LogP contribution is 2.29. The van der Waals surface area contributed by atoms with Gasteiger partial charge in [-0.1, -0.05) is 6.92 Å². The molecule has 70 valence electrons. The van der Waals surface area contributed by atoms with E-state index in [-0.39, 0.29) is 5.92 Å². The molecular formula is C9H16O2S. The number of hydrogen-bond acceptors (Lipinski definition) is 3. The van der Waals surface area contributed by atoms with Crippen LogP contribution in [-0.4, -0.2) is 28.0 Å². The average molecular weight is 188 g/mol. The maximum absolute atomic E-state index is 11.2. The number of rotatable bonds is 3. The van der Waals surface area contributed by atoms with Crippen molar-refractivity contribution in [2.75, 3.05) is 11.5 Å². The molecule has 0 aromatic carbocycles. The van der Waals surface area contributed by atoms with Crippen LogP contribution >= 0.6 is 11.8 Å². The first kappa shape index (κ1) is 10.1. The molecule has 1 rings (SSSR count). The van der Waals surface area contributed by atoms with Crippen molar-refractivity contribution in [3.63, 3.8) is 0 Å². The minimum atomic E-state index is -0.648. The van der Waals surface area contributed by atoms with Crippen LogP contribution in [0.15, 0.2) is 0 Å². The van der Waals surface area contributed by atoms with Gasteiger partial charge in [-0.3, -0.25) is 4.79 Å². The number of hydrogen-bond donors (Lipinski definition) is 1. The van der Waals surface area contributed by atoms with E-state index in [2.05, 4.69) is 0 Å². The van der Waals surface area contributed by atoms with E-state index in [1.807, 2.05) is 13.8 Å². The molecule has 0 aromatic rings. The molecular weight excluding hydrogens is 172 g/mol. The van der Waals surface area contributed by atoms with Gasteiger partial charge in [-0.25, -0.2) is 0 Å². The van der Waals surface area contributed by atoms with Crippen molar-refractivity contribution in [3.05, 3.63) is 0 Å². The molecule has 1 fully saturated rings. The third-order valence-corrected chi connectivity index (χ3v) is 3.59. The molecule has 2 nitrogen and oxygen atoms in total. The maximum atomic E-state index is 11.2. The Morgan fingerprint density at radius 2 is 2.42 bits per heavy atom. The highest BCUT2D eigenvalue weighted by Gasteiger charge is 2.31. The Bertz CT molecular complexity index is 177. The summed E-state index contributed by atoms with van der Waals surface area (Å²) in [6.45, 7) is 3.76. The monoisotopic (exact) mass is 188 g/mol. The van der Waals surface area contributed by atoms with Gasteiger partial charge in [-0.2, -0.15) is 11.8 Å². The van der Waals surface area contributed by atoms with Crippen LogP contribution in [0.4, 0.5) is 0 Å². The van der Waals surface area contributed by atoms with Crippen LogP contribution in [0, 0.1) is 5.92 Å². The van der Waals surface area contributed by atoms with Gasteiger partial charge in [0.25, 0.3) is 0 Å². The van der Waals surface area contributed by atoms with Gasteiger partial charge in [0.05, 0.1) is 11.4 Å². The summed E-state index contributed by atoms with van der Waals surface area (Å²) in [6, 6.07) is 0. The summed E-state index contributed by atoms with van der Waals surface area (Å²) in [5.41, 5.74) is -0.648. The van der Waals surface area contributed by atoms with Crippen LogP contribution in [-0.2, 0) is 4.79 Å². The first-order valence-electron chi connectivity index (χ1n) is 4.38. The van der Waals surface area contributed by atoms with Crippen molar-refractivity contribution in [1.29, 1.82) is 0 Å². The third kappa shape index (κ3) is 2.49. The van der Waals surface area contributed by atoms with E-state index in [0.717, 1.165) is 12.2 Å². The minimum absolute atomic E-state index is 0.102. The summed E-state index contributed by atoms with van der Waals surface area (Å²) in [4.78, 5) is 11.2. The van der Waals surface area contributed by atoms with Crippen LogP contribution in [0.3, 0.4) is 0 Å². The van der Waals surface area contributed by atoms with Gasteiger partial charge in [0.1, 0.15) is 5.78 Å². The molecule has 2 unspecified atom stereocenters. The Morgan fingerprint density at radius 1 is 1.75 bits per heavy atom. The smallest absolute Gasteiger partial charge is 0.146 e. The Labute approximate surface area is 77.7 Å². The van der Waals surface area contributed by atoms with Gasteiger partial charge in [0.15, 0.2) is 0 Å². The lowest BCUT2D eigenvalue weighted by molar-refractivity contribution is -0.121. The fraction of sp³-hybridized carbons (Fsp3) is 0.889. The van der Waals surface area contributed by atoms with Gasteiger partial charge in [0, 0.05) is 11.7 Å². The molecule has 0 aliphatic carbocycles. The van der Waals surface area contributed by atoms with Crippen LogP contribution in [0.25, 0.3) is 0 Å². The Hall–Kier alpha value is -0.0200. The number of carbonyl (C=O) groups excluding carboxylic acids is 1. The predicted molar refractivity (Wildman–Crippen MR) is 51.4 cm³/mol. The van der Waals surface area contributed by atoms with Gasteiger partial charge in [-0.15, -0.1) is 0 Å². The van der Waals surface area contributed by atoms with Crippen molar-refractivity contribution in [2.45, 2.75) is 32.3 Å². The summed E-state index contributed by atoms with van der Waals surface area (Å²) in [5, 5.41) is 9.74. The molecule has 0 aromatic heterocycles. The lowest BCUT2D eigenvalue weighted by Crippen LogP contribution is -2.29. The van der Waals surface area contributed by atoms with E-state index in [1.54, 1.807) is 11.8 Å². The lowest BCUT2D eigenvalue weighted by atomic mass is 9.89. The first-order valence-corrected chi connectivity index (χ1v) is 5.53. The SMILES string of the molecule is CCC(C)(O)CC1CSCC1=O. The quantitative estimate of drug-likeness (QED) is 0.728. The standard InChI is InChI=1S/C9H16O2S/c1-3-9(2,11)4-7-5-12-6-8(7)10/h7,11H,3-6H2,1-2H3. The Morgan fingerprint density at radius 3 is 2.83 bits per heavy atom. The molecule has 2 atom stereocenters. The van der Waals surface area contributed by atoms with Gasteiger partial charge in [-0.05, 0) is 19.8 Å². The summed E-state index contributed by atoms with van der Waals surface area (Å²) in [7, 11) is 0. The lowest BCUT2D eigenvalue weighted by Gasteiger charge is -2.23. The first-order chi connectivity index (χ1) is 5.55. The number of ketones is 1. The average Bonchev–Trinajstić information content (AvgIpc) is 2.36. The van der Waals surface area contributed by atoms with Crippen molar-refractivity contribution in [3.8, 4) is 0 Å². The maximum Gasteiger partial charge on any atom is 0.146 e. The molecule has 1 heterocycles.